The number of hydrogen-bond acceptors (Lipinski definition) is 1. The van der Waals surface area contributed by atoms with E-state index >= 15 is 0 Å². The first-order valence-corrected chi connectivity index (χ1v) is 4.54. The van der Waals surface area contributed by atoms with Gasteiger partial charge in [-0.3, -0.25) is 0 Å². The van der Waals surface area contributed by atoms with Gasteiger partial charge in [-0.25, -0.2) is 0 Å². The largest absolute Gasteiger partial charge is 0.327 e. The van der Waals surface area contributed by atoms with Crippen LogP contribution in [0, 0.1) is 0 Å². The van der Waals surface area contributed by atoms with Crippen molar-refractivity contribution < 1.29 is 0 Å². The molecule has 0 aromatic carbocycles. The van der Waals surface area contributed by atoms with Crippen molar-refractivity contribution in [1.29, 1.82) is 0 Å². The smallest absolute Gasteiger partial charge is 0.0108 e. The number of rotatable bonds is 4. The Balaban J connectivity index is 3.68. The first-order chi connectivity index (χ1) is 5.52. The fraction of sp³-hybridized carbons (Fsp3) is 0.636. The quantitative estimate of drug-likeness (QED) is 0.640. The molecular weight excluding hydrogens is 146 g/mol. The van der Waals surface area contributed by atoms with E-state index in [9.17, 15) is 0 Å². The first-order valence-electron chi connectivity index (χ1n) is 4.54. The van der Waals surface area contributed by atoms with E-state index < -0.39 is 0 Å². The molecule has 0 heterocycles. The molecule has 0 aliphatic heterocycles. The highest BCUT2D eigenvalue weighted by atomic mass is 14.6. The summed E-state index contributed by atoms with van der Waals surface area (Å²) in [5.74, 6) is 0. The van der Waals surface area contributed by atoms with Crippen molar-refractivity contribution in [2.24, 2.45) is 5.73 Å². The van der Waals surface area contributed by atoms with Crippen LogP contribution in [0.3, 0.4) is 0 Å². The van der Waals surface area contributed by atoms with E-state index in [1.807, 2.05) is 0 Å². The summed E-state index contributed by atoms with van der Waals surface area (Å²) < 4.78 is 0. The second-order valence-electron chi connectivity index (χ2n) is 3.79. The summed E-state index contributed by atoms with van der Waals surface area (Å²) in [5.41, 5.74) is 8.58. The molecule has 0 spiro atoms. The van der Waals surface area contributed by atoms with Gasteiger partial charge in [-0.15, -0.1) is 0 Å². The Morgan fingerprint density at radius 2 is 1.33 bits per heavy atom. The van der Waals surface area contributed by atoms with Crippen LogP contribution in [-0.4, -0.2) is 6.04 Å². The highest BCUT2D eigenvalue weighted by molar-refractivity contribution is 4.99. The minimum absolute atomic E-state index is 0.287. The molecule has 0 atom stereocenters. The van der Waals surface area contributed by atoms with Gasteiger partial charge in [0.2, 0.25) is 0 Å². The van der Waals surface area contributed by atoms with Crippen LogP contribution in [0.4, 0.5) is 0 Å². The second-order valence-corrected chi connectivity index (χ2v) is 3.79. The average Bonchev–Trinajstić information content (AvgIpc) is 1.96. The molecule has 0 aromatic rings. The maximum atomic E-state index is 5.88. The zero-order chi connectivity index (χ0) is 9.56. The van der Waals surface area contributed by atoms with Gasteiger partial charge >= 0.3 is 0 Å². The molecule has 0 rings (SSSR count). The van der Waals surface area contributed by atoms with Gasteiger partial charge in [-0.1, -0.05) is 23.3 Å². The molecule has 0 saturated carbocycles. The lowest BCUT2D eigenvalue weighted by Gasteiger charge is -2.05. The van der Waals surface area contributed by atoms with Crippen molar-refractivity contribution in [3.05, 3.63) is 23.3 Å². The number of hydrogen-bond donors (Lipinski definition) is 1. The van der Waals surface area contributed by atoms with Crippen molar-refractivity contribution in [1.82, 2.24) is 0 Å². The van der Waals surface area contributed by atoms with Gasteiger partial charge in [0, 0.05) is 6.04 Å². The topological polar surface area (TPSA) is 26.0 Å². The van der Waals surface area contributed by atoms with Crippen molar-refractivity contribution in [3.63, 3.8) is 0 Å². The van der Waals surface area contributed by atoms with Crippen molar-refractivity contribution >= 4 is 0 Å². The molecule has 0 saturated heterocycles. The van der Waals surface area contributed by atoms with Crippen LogP contribution in [0.2, 0.25) is 0 Å². The minimum Gasteiger partial charge on any atom is -0.327 e. The summed E-state index contributed by atoms with van der Waals surface area (Å²) in [6.07, 6.45) is 6.38. The lowest BCUT2D eigenvalue weighted by atomic mass is 10.1. The summed E-state index contributed by atoms with van der Waals surface area (Å²) in [6.45, 7) is 8.42. The van der Waals surface area contributed by atoms with Gasteiger partial charge in [0.25, 0.3) is 0 Å². The average molecular weight is 167 g/mol. The number of nitrogens with two attached hydrogens (primary N) is 1. The zero-order valence-corrected chi connectivity index (χ0v) is 8.72. The van der Waals surface area contributed by atoms with E-state index in [1.165, 1.54) is 11.1 Å². The Kier molecular flexibility index (Phi) is 5.73. The monoisotopic (exact) mass is 167 g/mol. The summed E-state index contributed by atoms with van der Waals surface area (Å²) in [4.78, 5) is 0. The normalized spacial score (nSPS) is 9.83. The summed E-state index contributed by atoms with van der Waals surface area (Å²) in [6, 6.07) is 0.287. The Morgan fingerprint density at radius 3 is 1.58 bits per heavy atom. The lowest BCUT2D eigenvalue weighted by molar-refractivity contribution is 0.689. The van der Waals surface area contributed by atoms with Crippen LogP contribution in [0.25, 0.3) is 0 Å². The predicted molar refractivity (Wildman–Crippen MR) is 56.1 cm³/mol. The summed E-state index contributed by atoms with van der Waals surface area (Å²) in [5, 5.41) is 0. The molecular formula is C11H21N. The van der Waals surface area contributed by atoms with E-state index in [1.54, 1.807) is 0 Å². The van der Waals surface area contributed by atoms with E-state index in [0.29, 0.717) is 0 Å². The molecule has 0 unspecified atom stereocenters. The first kappa shape index (κ1) is 11.4. The molecule has 0 fully saturated rings. The fourth-order valence-corrected chi connectivity index (χ4v) is 0.870. The molecule has 0 aliphatic rings. The minimum atomic E-state index is 0.287. The third kappa shape index (κ3) is 7.55. The van der Waals surface area contributed by atoms with Gasteiger partial charge < -0.3 is 5.73 Å². The molecule has 0 amide bonds. The maximum absolute atomic E-state index is 5.88. The van der Waals surface area contributed by atoms with Gasteiger partial charge in [-0.05, 0) is 40.5 Å². The molecule has 0 aliphatic carbocycles. The standard InChI is InChI=1S/C11H21N/c1-9(2)5-7-11(12)8-6-10(3)4/h5-6,11H,7-8,12H2,1-4H3. The molecule has 0 aromatic heterocycles. The molecule has 12 heavy (non-hydrogen) atoms. The van der Waals surface area contributed by atoms with Crippen LogP contribution in [0.5, 0.6) is 0 Å². The van der Waals surface area contributed by atoms with Crippen molar-refractivity contribution in [2.45, 2.75) is 46.6 Å². The highest BCUT2D eigenvalue weighted by Crippen LogP contribution is 2.02. The van der Waals surface area contributed by atoms with Crippen LogP contribution >= 0.6 is 0 Å². The predicted octanol–water partition coefficient (Wildman–Crippen LogP) is 3.03. The zero-order valence-electron chi connectivity index (χ0n) is 8.72. The van der Waals surface area contributed by atoms with E-state index in [-0.39, 0.29) is 6.04 Å². The Labute approximate surface area is 76.3 Å². The van der Waals surface area contributed by atoms with Crippen molar-refractivity contribution in [2.75, 3.05) is 0 Å². The molecule has 1 heteroatoms. The van der Waals surface area contributed by atoms with Gasteiger partial charge in [0.1, 0.15) is 0 Å². The molecule has 2 N–H and O–H groups in total. The molecule has 0 radical (unpaired) electrons. The van der Waals surface area contributed by atoms with Crippen LogP contribution < -0.4 is 5.73 Å². The maximum Gasteiger partial charge on any atom is 0.0108 e. The van der Waals surface area contributed by atoms with Gasteiger partial charge in [0.15, 0.2) is 0 Å². The SMILES string of the molecule is CC(C)=CCC(N)CC=C(C)C. The fourth-order valence-electron chi connectivity index (χ4n) is 0.870. The van der Waals surface area contributed by atoms with Gasteiger partial charge in [0.05, 0.1) is 0 Å². The summed E-state index contributed by atoms with van der Waals surface area (Å²) in [7, 11) is 0. The van der Waals surface area contributed by atoms with Crippen LogP contribution in [-0.2, 0) is 0 Å². The lowest BCUT2D eigenvalue weighted by Crippen LogP contribution is -2.17. The third-order valence-electron chi connectivity index (χ3n) is 1.66. The Hall–Kier alpha value is -0.560. The van der Waals surface area contributed by atoms with E-state index in [4.69, 9.17) is 5.73 Å². The molecule has 1 nitrogen and oxygen atoms in total. The number of allylic oxidation sites excluding steroid dienone is 2. The second kappa shape index (κ2) is 6.01. The van der Waals surface area contributed by atoms with Crippen LogP contribution in [0.1, 0.15) is 40.5 Å². The highest BCUT2D eigenvalue weighted by Gasteiger charge is 1.96. The van der Waals surface area contributed by atoms with E-state index in [0.717, 1.165) is 12.8 Å². The van der Waals surface area contributed by atoms with Crippen molar-refractivity contribution in [3.8, 4) is 0 Å². The molecule has 0 bridgehead atoms. The Bertz CT molecular complexity index is 149. The van der Waals surface area contributed by atoms with Crippen LogP contribution in [0.15, 0.2) is 23.3 Å². The Morgan fingerprint density at radius 1 is 1.00 bits per heavy atom. The molecule has 70 valence electrons. The summed E-state index contributed by atoms with van der Waals surface area (Å²) >= 11 is 0. The van der Waals surface area contributed by atoms with E-state index in [2.05, 4.69) is 39.8 Å². The third-order valence-corrected chi connectivity index (χ3v) is 1.66. The van der Waals surface area contributed by atoms with Gasteiger partial charge in [-0.2, -0.15) is 0 Å².